The lowest BCUT2D eigenvalue weighted by atomic mass is 10.2. The van der Waals surface area contributed by atoms with Crippen LogP contribution < -0.4 is 0 Å². The summed E-state index contributed by atoms with van der Waals surface area (Å²) in [7, 11) is -3.80. The van der Waals surface area contributed by atoms with Crippen molar-refractivity contribution in [3.05, 3.63) is 66.5 Å². The molecule has 1 fully saturated rings. The molecule has 1 aliphatic heterocycles. The molecule has 1 saturated heterocycles. The number of halogens is 1. The number of rotatable bonds is 4. The summed E-state index contributed by atoms with van der Waals surface area (Å²) in [5.41, 5.74) is 2.64. The fraction of sp³-hybridized carbons (Fsp3) is 0.238. The second-order valence-corrected chi connectivity index (χ2v) is 9.32. The van der Waals surface area contributed by atoms with Crippen molar-refractivity contribution in [3.8, 4) is 11.4 Å². The van der Waals surface area contributed by atoms with Crippen LogP contribution in [0.15, 0.2) is 64.4 Å². The molecule has 3 aromatic heterocycles. The van der Waals surface area contributed by atoms with E-state index in [1.807, 2.05) is 22.8 Å². The first-order valence-corrected chi connectivity index (χ1v) is 11.0. The number of benzene rings is 1. The van der Waals surface area contributed by atoms with Crippen LogP contribution in [0.2, 0.25) is 0 Å². The molecule has 5 rings (SSSR count). The lowest BCUT2D eigenvalue weighted by Gasteiger charge is -2.18. The van der Waals surface area contributed by atoms with Crippen LogP contribution in [0.1, 0.15) is 18.0 Å². The van der Waals surface area contributed by atoms with Gasteiger partial charge in [0, 0.05) is 19.3 Å². The molecule has 9 heteroatoms. The summed E-state index contributed by atoms with van der Waals surface area (Å²) in [4.78, 5) is 9.13. The molecule has 4 aromatic rings. The number of pyridine rings is 1. The third-order valence-electron chi connectivity index (χ3n) is 5.50. The van der Waals surface area contributed by atoms with E-state index in [1.54, 1.807) is 25.6 Å². The van der Waals surface area contributed by atoms with Crippen LogP contribution in [0.25, 0.3) is 22.6 Å². The van der Waals surface area contributed by atoms with Crippen molar-refractivity contribution in [2.45, 2.75) is 24.3 Å². The Morgan fingerprint density at radius 2 is 2.10 bits per heavy atom. The van der Waals surface area contributed by atoms with Crippen LogP contribution in [-0.2, 0) is 10.0 Å². The maximum atomic E-state index is 14.0. The quantitative estimate of drug-likeness (QED) is 0.496. The minimum atomic E-state index is -3.80. The summed E-state index contributed by atoms with van der Waals surface area (Å²) >= 11 is 0. The minimum Gasteiger partial charge on any atom is -0.472 e. The second-order valence-electron chi connectivity index (χ2n) is 7.38. The largest absolute Gasteiger partial charge is 0.472 e. The predicted octanol–water partition coefficient (Wildman–Crippen LogP) is 3.77. The molecule has 0 amide bonds. The van der Waals surface area contributed by atoms with Gasteiger partial charge in [-0.2, -0.15) is 4.31 Å². The number of nitrogens with zero attached hydrogens (tertiary/aromatic N) is 4. The van der Waals surface area contributed by atoms with Gasteiger partial charge in [-0.25, -0.2) is 22.8 Å². The molecule has 4 heterocycles. The fourth-order valence-electron chi connectivity index (χ4n) is 3.89. The maximum absolute atomic E-state index is 14.0. The van der Waals surface area contributed by atoms with E-state index in [9.17, 15) is 12.8 Å². The van der Waals surface area contributed by atoms with Gasteiger partial charge in [0.25, 0.3) is 0 Å². The zero-order valence-corrected chi connectivity index (χ0v) is 17.0. The third kappa shape index (κ3) is 3.01. The molecular weight excluding hydrogens is 407 g/mol. The summed E-state index contributed by atoms with van der Waals surface area (Å²) in [6.45, 7) is 2.19. The molecular formula is C21H19FN4O3S. The Morgan fingerprint density at radius 3 is 2.87 bits per heavy atom. The maximum Gasteiger partial charge on any atom is 0.243 e. The average molecular weight is 426 g/mol. The Morgan fingerprint density at radius 1 is 1.23 bits per heavy atom. The summed E-state index contributed by atoms with van der Waals surface area (Å²) in [5, 5.41) is 0. The molecule has 30 heavy (non-hydrogen) atoms. The van der Waals surface area contributed by atoms with E-state index in [1.165, 1.54) is 16.4 Å². The van der Waals surface area contributed by atoms with Crippen molar-refractivity contribution in [1.82, 2.24) is 18.8 Å². The van der Waals surface area contributed by atoms with Gasteiger partial charge in [-0.15, -0.1) is 0 Å². The first-order valence-electron chi connectivity index (χ1n) is 9.57. The van der Waals surface area contributed by atoms with Gasteiger partial charge in [0.05, 0.1) is 22.8 Å². The molecule has 1 unspecified atom stereocenters. The lowest BCUT2D eigenvalue weighted by Crippen LogP contribution is -2.29. The first-order chi connectivity index (χ1) is 14.4. The summed E-state index contributed by atoms with van der Waals surface area (Å²) in [6.07, 6.45) is 5.47. The monoisotopic (exact) mass is 426 g/mol. The highest BCUT2D eigenvalue weighted by Crippen LogP contribution is 2.34. The SMILES string of the molecule is Cc1ccc(S(=O)(=O)N2CCC(n3c(-c4ccoc4)nc4cccnc43)C2)cc1F. The standard InChI is InChI=1S/C21H19FN4O3S/c1-14-4-5-17(11-18(14)22)30(27,28)25-9-6-16(12-25)26-20(15-7-10-29-13-15)24-19-3-2-8-23-21(19)26/h2-5,7-8,10-11,13,16H,6,9,12H2,1H3. The number of hydrogen-bond acceptors (Lipinski definition) is 5. The predicted molar refractivity (Wildman–Crippen MR) is 109 cm³/mol. The number of imidazole rings is 1. The van der Waals surface area contributed by atoms with Crippen molar-refractivity contribution in [2.24, 2.45) is 0 Å². The van der Waals surface area contributed by atoms with E-state index in [4.69, 9.17) is 4.42 Å². The fourth-order valence-corrected chi connectivity index (χ4v) is 5.40. The van der Waals surface area contributed by atoms with Crippen LogP contribution in [0, 0.1) is 12.7 Å². The van der Waals surface area contributed by atoms with Gasteiger partial charge in [-0.1, -0.05) is 6.07 Å². The average Bonchev–Trinajstić information content (AvgIpc) is 3.48. The van der Waals surface area contributed by atoms with Gasteiger partial charge < -0.3 is 8.98 Å². The van der Waals surface area contributed by atoms with Crippen molar-refractivity contribution < 1.29 is 17.2 Å². The number of furan rings is 1. The Hall–Kier alpha value is -3.04. The first kappa shape index (κ1) is 19.0. The Bertz CT molecular complexity index is 1330. The van der Waals surface area contributed by atoms with Crippen LogP contribution >= 0.6 is 0 Å². The van der Waals surface area contributed by atoms with Gasteiger partial charge in [-0.3, -0.25) is 0 Å². The van der Waals surface area contributed by atoms with Gasteiger partial charge in [0.15, 0.2) is 5.65 Å². The normalized spacial score (nSPS) is 17.7. The van der Waals surface area contributed by atoms with E-state index >= 15 is 0 Å². The van der Waals surface area contributed by atoms with E-state index < -0.39 is 15.8 Å². The number of sulfonamides is 1. The molecule has 1 aromatic carbocycles. The van der Waals surface area contributed by atoms with Gasteiger partial charge >= 0.3 is 0 Å². The van der Waals surface area contributed by atoms with Crippen LogP contribution in [0.4, 0.5) is 4.39 Å². The summed E-state index contributed by atoms with van der Waals surface area (Å²) in [5.74, 6) is 0.155. The van der Waals surface area contributed by atoms with Gasteiger partial charge in [0.2, 0.25) is 10.0 Å². The highest BCUT2D eigenvalue weighted by molar-refractivity contribution is 7.89. The number of hydrogen-bond donors (Lipinski definition) is 0. The summed E-state index contributed by atoms with van der Waals surface area (Å²) < 4.78 is 48.8. The Kier molecular flexibility index (Phi) is 4.44. The van der Waals surface area contributed by atoms with E-state index in [0.29, 0.717) is 30.0 Å². The molecule has 0 bridgehead atoms. The topological polar surface area (TPSA) is 81.2 Å². The Labute approximate surface area is 172 Å². The van der Waals surface area contributed by atoms with Crippen molar-refractivity contribution in [3.63, 3.8) is 0 Å². The highest BCUT2D eigenvalue weighted by Gasteiger charge is 2.35. The zero-order valence-electron chi connectivity index (χ0n) is 16.2. The molecule has 0 spiro atoms. The Balaban J connectivity index is 1.53. The van der Waals surface area contributed by atoms with Gasteiger partial charge in [0.1, 0.15) is 23.4 Å². The molecule has 0 saturated carbocycles. The number of aryl methyl sites for hydroxylation is 1. The number of aromatic nitrogens is 3. The van der Waals surface area contributed by atoms with E-state index in [0.717, 1.165) is 17.1 Å². The zero-order chi connectivity index (χ0) is 20.9. The van der Waals surface area contributed by atoms with Crippen molar-refractivity contribution in [1.29, 1.82) is 0 Å². The molecule has 0 aliphatic carbocycles. The molecule has 154 valence electrons. The van der Waals surface area contributed by atoms with Crippen molar-refractivity contribution in [2.75, 3.05) is 13.1 Å². The third-order valence-corrected chi connectivity index (χ3v) is 7.36. The van der Waals surface area contributed by atoms with Gasteiger partial charge in [-0.05, 0) is 49.2 Å². The number of fused-ring (bicyclic) bond motifs is 1. The minimum absolute atomic E-state index is 0.0325. The van der Waals surface area contributed by atoms with Crippen LogP contribution in [-0.4, -0.2) is 40.3 Å². The molecule has 0 radical (unpaired) electrons. The van der Waals surface area contributed by atoms with E-state index in [-0.39, 0.29) is 17.5 Å². The van der Waals surface area contributed by atoms with Crippen molar-refractivity contribution >= 4 is 21.2 Å². The summed E-state index contributed by atoms with van der Waals surface area (Å²) in [6, 6.07) is 9.38. The van der Waals surface area contributed by atoms with Crippen LogP contribution in [0.5, 0.6) is 0 Å². The molecule has 0 N–H and O–H groups in total. The molecule has 1 atom stereocenters. The highest BCUT2D eigenvalue weighted by atomic mass is 32.2. The van der Waals surface area contributed by atoms with Crippen LogP contribution in [0.3, 0.4) is 0 Å². The lowest BCUT2D eigenvalue weighted by molar-refractivity contribution is 0.454. The molecule has 1 aliphatic rings. The molecule has 7 nitrogen and oxygen atoms in total. The second kappa shape index (κ2) is 7.03. The smallest absolute Gasteiger partial charge is 0.243 e. The van der Waals surface area contributed by atoms with E-state index in [2.05, 4.69) is 9.97 Å².